The van der Waals surface area contributed by atoms with E-state index in [9.17, 15) is 17.1 Å². The average Bonchev–Trinajstić information content (AvgIpc) is 2.92. The number of anilines is 1. The summed E-state index contributed by atoms with van der Waals surface area (Å²) in [6, 6.07) is 1.72. The summed E-state index contributed by atoms with van der Waals surface area (Å²) in [5, 5.41) is 2.86. The summed E-state index contributed by atoms with van der Waals surface area (Å²) in [6.45, 7) is 3.77. The normalized spacial score (nSPS) is 21.9. The number of aromatic nitrogens is 2. The number of nitrogens with zero attached hydrogens (tertiary/aromatic N) is 3. The lowest BCUT2D eigenvalue weighted by atomic mass is 10.3. The van der Waals surface area contributed by atoms with Crippen molar-refractivity contribution in [3.05, 3.63) is 12.3 Å². The van der Waals surface area contributed by atoms with Gasteiger partial charge in [-0.1, -0.05) is 6.92 Å². The third-order valence-corrected chi connectivity index (χ3v) is 4.53. The number of carbonyl (C=O) groups excluding carboxylic acids is 1. The van der Waals surface area contributed by atoms with Gasteiger partial charge in [-0.15, -0.1) is 3.89 Å². The van der Waals surface area contributed by atoms with Crippen molar-refractivity contribution < 1.29 is 17.1 Å². The maximum absolute atomic E-state index is 13.0. The summed E-state index contributed by atoms with van der Waals surface area (Å²) in [7, 11) is -4.69. The molecule has 1 aromatic heterocycles. The van der Waals surface area contributed by atoms with Crippen LogP contribution in [-0.2, 0) is 15.0 Å². The molecule has 19 heavy (non-hydrogen) atoms. The fraction of sp³-hybridized carbons (Fsp3) is 0.636. The van der Waals surface area contributed by atoms with Gasteiger partial charge in [0.1, 0.15) is 11.1 Å². The Kier molecular flexibility index (Phi) is 3.62. The van der Waals surface area contributed by atoms with E-state index in [1.165, 1.54) is 4.90 Å². The molecule has 2 unspecified atom stereocenters. The predicted molar refractivity (Wildman–Crippen MR) is 68.0 cm³/mol. The van der Waals surface area contributed by atoms with E-state index in [1.807, 2.05) is 13.8 Å². The lowest BCUT2D eigenvalue weighted by molar-refractivity contribution is -0.117. The van der Waals surface area contributed by atoms with Crippen molar-refractivity contribution in [2.45, 2.75) is 38.0 Å². The lowest BCUT2D eigenvalue weighted by Crippen LogP contribution is -2.29. The Hall–Kier alpha value is -1.44. The van der Waals surface area contributed by atoms with Crippen LogP contribution in [0.3, 0.4) is 0 Å². The molecule has 2 rings (SSSR count). The second-order valence-electron chi connectivity index (χ2n) is 4.70. The number of halogens is 1. The number of hydrogen-bond acceptors (Lipinski definition) is 4. The van der Waals surface area contributed by atoms with Gasteiger partial charge in [-0.25, -0.2) is 4.68 Å². The highest BCUT2D eigenvalue weighted by Gasteiger charge is 2.40. The molecule has 8 heteroatoms. The van der Waals surface area contributed by atoms with Crippen LogP contribution in [-0.4, -0.2) is 35.9 Å². The molecule has 1 saturated heterocycles. The molecule has 0 aromatic carbocycles. The second-order valence-corrected chi connectivity index (χ2v) is 6.32. The van der Waals surface area contributed by atoms with Crippen molar-refractivity contribution in [2.24, 2.45) is 0 Å². The molecule has 0 radical (unpaired) electrons. The Labute approximate surface area is 111 Å². The Balaban J connectivity index is 2.29. The van der Waals surface area contributed by atoms with E-state index in [2.05, 4.69) is 5.10 Å². The van der Waals surface area contributed by atoms with Crippen LogP contribution in [0.15, 0.2) is 12.3 Å². The van der Waals surface area contributed by atoms with Crippen LogP contribution in [0, 0.1) is 0 Å². The molecule has 6 nitrogen and oxygen atoms in total. The third-order valence-electron chi connectivity index (χ3n) is 3.42. The van der Waals surface area contributed by atoms with Crippen molar-refractivity contribution >= 4 is 21.9 Å². The zero-order valence-electron chi connectivity index (χ0n) is 10.8. The van der Waals surface area contributed by atoms with Gasteiger partial charge in [-0.2, -0.15) is 13.5 Å². The van der Waals surface area contributed by atoms with E-state index in [0.29, 0.717) is 5.82 Å². The lowest BCUT2D eigenvalue weighted by Gasteiger charge is -2.20. The molecule has 0 aliphatic carbocycles. The largest absolute Gasteiger partial charge is 0.307 e. The molecular formula is C11H16FN3O3S. The predicted octanol–water partition coefficient (Wildman–Crippen LogP) is 1.26. The van der Waals surface area contributed by atoms with Crippen molar-refractivity contribution in [2.75, 3.05) is 11.4 Å². The maximum Gasteiger partial charge on any atom is 0.307 e. The quantitative estimate of drug-likeness (QED) is 0.782. The summed E-state index contributed by atoms with van der Waals surface area (Å²) in [5.41, 5.74) is 0. The highest BCUT2D eigenvalue weighted by Crippen LogP contribution is 2.27. The van der Waals surface area contributed by atoms with Crippen molar-refractivity contribution in [3.8, 4) is 0 Å². The van der Waals surface area contributed by atoms with Crippen LogP contribution < -0.4 is 4.90 Å². The molecule has 0 saturated carbocycles. The molecule has 1 aliphatic heterocycles. The molecular weight excluding hydrogens is 273 g/mol. The first kappa shape index (κ1) is 14.0. The van der Waals surface area contributed by atoms with Gasteiger partial charge in [-0.3, -0.25) is 9.69 Å². The zero-order valence-corrected chi connectivity index (χ0v) is 11.6. The molecule has 2 heterocycles. The first-order valence-electron chi connectivity index (χ1n) is 6.12. The zero-order chi connectivity index (χ0) is 14.2. The van der Waals surface area contributed by atoms with E-state index < -0.39 is 21.4 Å². The molecule has 0 bridgehead atoms. The summed E-state index contributed by atoms with van der Waals surface area (Å²) >= 11 is 0. The topological polar surface area (TPSA) is 72.3 Å². The Morgan fingerprint density at radius 2 is 2.26 bits per heavy atom. The van der Waals surface area contributed by atoms with Crippen LogP contribution in [0.2, 0.25) is 0 Å². The number of rotatable bonds is 4. The monoisotopic (exact) mass is 289 g/mol. The van der Waals surface area contributed by atoms with Crippen LogP contribution in [0.25, 0.3) is 0 Å². The molecule has 1 amide bonds. The molecule has 1 fully saturated rings. The van der Waals surface area contributed by atoms with Crippen molar-refractivity contribution in [1.29, 1.82) is 0 Å². The highest BCUT2D eigenvalue weighted by molar-refractivity contribution is 7.87. The molecule has 1 aromatic rings. The van der Waals surface area contributed by atoms with Gasteiger partial charge in [0.2, 0.25) is 5.91 Å². The fourth-order valence-electron chi connectivity index (χ4n) is 2.12. The fourth-order valence-corrected chi connectivity index (χ4v) is 2.79. The Bertz CT molecular complexity index is 584. The van der Waals surface area contributed by atoms with Crippen LogP contribution >= 0.6 is 0 Å². The van der Waals surface area contributed by atoms with Crippen molar-refractivity contribution in [1.82, 2.24) is 9.78 Å². The van der Waals surface area contributed by atoms with Gasteiger partial charge in [0.25, 0.3) is 0 Å². The summed E-state index contributed by atoms with van der Waals surface area (Å²) in [6.07, 6.45) is 2.05. The smallest absolute Gasteiger partial charge is 0.296 e. The van der Waals surface area contributed by atoms with E-state index >= 15 is 0 Å². The minimum atomic E-state index is -4.69. The average molecular weight is 289 g/mol. The van der Waals surface area contributed by atoms with Gasteiger partial charge >= 0.3 is 10.2 Å². The van der Waals surface area contributed by atoms with Gasteiger partial charge in [0, 0.05) is 19.0 Å². The number of amides is 1. The number of carbonyl (C=O) groups is 1. The Morgan fingerprint density at radius 1 is 1.58 bits per heavy atom. The van der Waals surface area contributed by atoms with Crippen LogP contribution in [0.1, 0.15) is 32.7 Å². The second kappa shape index (κ2) is 4.92. The van der Waals surface area contributed by atoms with E-state index in [0.717, 1.165) is 6.42 Å². The van der Waals surface area contributed by atoms with Crippen LogP contribution in [0.5, 0.6) is 0 Å². The minimum absolute atomic E-state index is 0.0823. The highest BCUT2D eigenvalue weighted by atomic mass is 32.3. The molecule has 0 N–H and O–H groups in total. The van der Waals surface area contributed by atoms with Gasteiger partial charge < -0.3 is 0 Å². The van der Waals surface area contributed by atoms with E-state index in [1.54, 1.807) is 16.9 Å². The summed E-state index contributed by atoms with van der Waals surface area (Å²) < 4.78 is 36.4. The Morgan fingerprint density at radius 3 is 2.79 bits per heavy atom. The first-order valence-corrected chi connectivity index (χ1v) is 7.56. The summed E-state index contributed by atoms with van der Waals surface area (Å²) in [4.78, 5) is 13.1. The molecule has 106 valence electrons. The SMILES string of the molecule is CCC(C)n1nccc1N1CC(S(=O)(=O)F)CC1=O. The first-order chi connectivity index (χ1) is 8.84. The van der Waals surface area contributed by atoms with Crippen LogP contribution in [0.4, 0.5) is 9.70 Å². The summed E-state index contributed by atoms with van der Waals surface area (Å²) in [5.74, 6) is 0.127. The molecule has 0 spiro atoms. The van der Waals surface area contributed by atoms with E-state index in [-0.39, 0.29) is 19.0 Å². The van der Waals surface area contributed by atoms with E-state index in [4.69, 9.17) is 0 Å². The van der Waals surface area contributed by atoms with Gasteiger partial charge in [-0.05, 0) is 13.3 Å². The van der Waals surface area contributed by atoms with Gasteiger partial charge in [0.15, 0.2) is 0 Å². The third kappa shape index (κ3) is 2.63. The number of hydrogen-bond donors (Lipinski definition) is 0. The molecule has 1 aliphatic rings. The standard InChI is InChI=1S/C11H16FN3O3S/c1-3-8(2)15-10(4-5-13-15)14-7-9(6-11(14)16)19(12,17)18/h4-5,8-9H,3,6-7H2,1-2H3. The van der Waals surface area contributed by atoms with Crippen molar-refractivity contribution in [3.63, 3.8) is 0 Å². The van der Waals surface area contributed by atoms with Gasteiger partial charge in [0.05, 0.1) is 12.2 Å². The molecule has 2 atom stereocenters. The maximum atomic E-state index is 13.0. The minimum Gasteiger partial charge on any atom is -0.296 e.